The maximum Gasteiger partial charge on any atom is 0.240 e. The molecule has 0 bridgehead atoms. The van der Waals surface area contributed by atoms with Gasteiger partial charge in [0, 0.05) is 20.2 Å². The first-order valence-electron chi connectivity index (χ1n) is 9.57. The molecule has 1 atom stereocenters. The van der Waals surface area contributed by atoms with E-state index >= 15 is 0 Å². The number of benzene rings is 1. The van der Waals surface area contributed by atoms with Crippen molar-refractivity contribution in [1.29, 1.82) is 0 Å². The third kappa shape index (κ3) is 6.73. The predicted molar refractivity (Wildman–Crippen MR) is 107 cm³/mol. The number of methoxy groups -OCH3 is 1. The zero-order valence-electron chi connectivity index (χ0n) is 16.6. The molecule has 1 fully saturated rings. The van der Waals surface area contributed by atoms with Gasteiger partial charge in [0.25, 0.3) is 0 Å². The van der Waals surface area contributed by atoms with E-state index in [1.54, 1.807) is 25.3 Å². The quantitative estimate of drug-likeness (QED) is 0.521. The van der Waals surface area contributed by atoms with Crippen LogP contribution in [0, 0.1) is 12.8 Å². The Hall–Kier alpha value is -1.68. The third-order valence-electron chi connectivity index (χ3n) is 4.85. The normalized spacial score (nSPS) is 18.1. The van der Waals surface area contributed by atoms with Crippen LogP contribution >= 0.6 is 0 Å². The van der Waals surface area contributed by atoms with Gasteiger partial charge < -0.3 is 20.1 Å². The number of hydrogen-bond acceptors (Lipinski definition) is 6. The first-order chi connectivity index (χ1) is 13.3. The molecule has 1 heterocycles. The van der Waals surface area contributed by atoms with Crippen molar-refractivity contribution < 1.29 is 22.7 Å². The number of carbonyl (C=O) groups excluding carboxylic acids is 1. The fraction of sp³-hybridized carbons (Fsp3) is 0.632. The van der Waals surface area contributed by atoms with Gasteiger partial charge >= 0.3 is 0 Å². The number of nitrogens with zero attached hydrogens (tertiary/aromatic N) is 1. The summed E-state index contributed by atoms with van der Waals surface area (Å²) in [4.78, 5) is 13.7. The van der Waals surface area contributed by atoms with Gasteiger partial charge in [-0.15, -0.1) is 0 Å². The SMILES string of the molecule is COCCOc1ccc(S(=O)(=O)NCCCN2CCCC(C(N)=O)C2)cc1C. The van der Waals surface area contributed by atoms with Gasteiger partial charge in [0.15, 0.2) is 0 Å². The number of nitrogens with one attached hydrogen (secondary N) is 1. The standard InChI is InChI=1S/C19H31N3O5S/c1-15-13-17(6-7-18(15)27-12-11-26-2)28(24,25)21-8-4-10-22-9-3-5-16(14-22)19(20)23/h6-7,13,16,21H,3-5,8-12,14H2,1-2H3,(H2,20,23). The van der Waals surface area contributed by atoms with Crippen molar-refractivity contribution in [3.8, 4) is 5.75 Å². The zero-order chi connectivity index (χ0) is 20.6. The molecule has 0 aromatic heterocycles. The largest absolute Gasteiger partial charge is 0.491 e. The molecule has 8 nitrogen and oxygen atoms in total. The molecule has 1 amide bonds. The van der Waals surface area contributed by atoms with E-state index < -0.39 is 10.0 Å². The summed E-state index contributed by atoms with van der Waals surface area (Å²) in [5, 5.41) is 0. The van der Waals surface area contributed by atoms with E-state index in [4.69, 9.17) is 15.2 Å². The van der Waals surface area contributed by atoms with Crippen LogP contribution in [0.25, 0.3) is 0 Å². The molecule has 9 heteroatoms. The Labute approximate surface area is 167 Å². The number of hydrogen-bond donors (Lipinski definition) is 2. The minimum atomic E-state index is -3.57. The molecular weight excluding hydrogens is 382 g/mol. The van der Waals surface area contributed by atoms with Gasteiger partial charge in [0.2, 0.25) is 15.9 Å². The van der Waals surface area contributed by atoms with Crippen molar-refractivity contribution in [3.05, 3.63) is 23.8 Å². The maximum absolute atomic E-state index is 12.5. The fourth-order valence-corrected chi connectivity index (χ4v) is 4.43. The lowest BCUT2D eigenvalue weighted by atomic mass is 9.97. The molecule has 0 aliphatic carbocycles. The molecule has 0 spiro atoms. The van der Waals surface area contributed by atoms with E-state index in [-0.39, 0.29) is 16.7 Å². The highest BCUT2D eigenvalue weighted by molar-refractivity contribution is 7.89. The second-order valence-corrected chi connectivity index (χ2v) is 8.83. The topological polar surface area (TPSA) is 111 Å². The molecular formula is C19H31N3O5S. The van der Waals surface area contributed by atoms with Crippen LogP contribution in [0.1, 0.15) is 24.8 Å². The van der Waals surface area contributed by atoms with Crippen LogP contribution in [0.2, 0.25) is 0 Å². The minimum absolute atomic E-state index is 0.0990. The van der Waals surface area contributed by atoms with Gasteiger partial charge in [-0.1, -0.05) is 0 Å². The smallest absolute Gasteiger partial charge is 0.240 e. The van der Waals surface area contributed by atoms with E-state index in [2.05, 4.69) is 9.62 Å². The van der Waals surface area contributed by atoms with Crippen LogP contribution in [0.15, 0.2) is 23.1 Å². The van der Waals surface area contributed by atoms with Crippen molar-refractivity contribution in [2.75, 3.05) is 46.5 Å². The summed E-state index contributed by atoms with van der Waals surface area (Å²) in [5.41, 5.74) is 6.14. The molecule has 3 N–H and O–H groups in total. The summed E-state index contributed by atoms with van der Waals surface area (Å²) in [6.07, 6.45) is 2.45. The predicted octanol–water partition coefficient (Wildman–Crippen LogP) is 0.886. The number of nitrogens with two attached hydrogens (primary N) is 1. The lowest BCUT2D eigenvalue weighted by molar-refractivity contribution is -0.123. The van der Waals surface area contributed by atoms with E-state index in [1.165, 1.54) is 0 Å². The van der Waals surface area contributed by atoms with Crippen LogP contribution in [0.4, 0.5) is 0 Å². The molecule has 158 valence electrons. The van der Waals surface area contributed by atoms with E-state index in [1.807, 2.05) is 6.92 Å². The Kier molecular flexibility index (Phi) is 8.68. The molecule has 1 aromatic carbocycles. The Bertz CT molecular complexity index is 754. The number of amides is 1. The molecule has 1 aromatic rings. The fourth-order valence-electron chi connectivity index (χ4n) is 3.27. The number of piperidine rings is 1. The number of carbonyl (C=O) groups is 1. The number of rotatable bonds is 11. The highest BCUT2D eigenvalue weighted by Gasteiger charge is 2.23. The highest BCUT2D eigenvalue weighted by Crippen LogP contribution is 2.22. The maximum atomic E-state index is 12.5. The zero-order valence-corrected chi connectivity index (χ0v) is 17.5. The van der Waals surface area contributed by atoms with Crippen LogP contribution < -0.4 is 15.2 Å². The second kappa shape index (κ2) is 10.8. The number of aryl methyl sites for hydroxylation is 1. The summed E-state index contributed by atoms with van der Waals surface area (Å²) >= 11 is 0. The van der Waals surface area contributed by atoms with E-state index in [9.17, 15) is 13.2 Å². The van der Waals surface area contributed by atoms with E-state index in [0.29, 0.717) is 38.5 Å². The Morgan fingerprint density at radius 2 is 2.14 bits per heavy atom. The molecule has 1 saturated heterocycles. The number of likely N-dealkylation sites (tertiary alicyclic amines) is 1. The highest BCUT2D eigenvalue weighted by atomic mass is 32.2. The summed E-state index contributed by atoms with van der Waals surface area (Å²) in [7, 11) is -1.98. The van der Waals surface area contributed by atoms with Crippen molar-refractivity contribution >= 4 is 15.9 Å². The van der Waals surface area contributed by atoms with Gasteiger partial charge in [0.1, 0.15) is 12.4 Å². The van der Waals surface area contributed by atoms with Crippen molar-refractivity contribution in [2.24, 2.45) is 11.7 Å². The third-order valence-corrected chi connectivity index (χ3v) is 6.31. The summed E-state index contributed by atoms with van der Waals surface area (Å²) in [6.45, 7) is 5.34. The van der Waals surface area contributed by atoms with Crippen LogP contribution in [0.5, 0.6) is 5.75 Å². The molecule has 1 unspecified atom stereocenters. The van der Waals surface area contributed by atoms with Crippen LogP contribution in [0.3, 0.4) is 0 Å². The van der Waals surface area contributed by atoms with Crippen LogP contribution in [-0.4, -0.2) is 65.7 Å². The van der Waals surface area contributed by atoms with E-state index in [0.717, 1.165) is 31.5 Å². The lowest BCUT2D eigenvalue weighted by Gasteiger charge is -2.31. The number of sulfonamides is 1. The summed E-state index contributed by atoms with van der Waals surface area (Å²) in [6, 6.07) is 4.81. The van der Waals surface area contributed by atoms with Gasteiger partial charge in [-0.2, -0.15) is 0 Å². The van der Waals surface area contributed by atoms with Gasteiger partial charge in [0.05, 0.1) is 17.4 Å². The summed E-state index contributed by atoms with van der Waals surface area (Å²) in [5.74, 6) is 0.290. The van der Waals surface area contributed by atoms with Gasteiger partial charge in [-0.3, -0.25) is 4.79 Å². The Morgan fingerprint density at radius 1 is 1.36 bits per heavy atom. The first kappa shape index (κ1) is 22.6. The molecule has 0 radical (unpaired) electrons. The molecule has 0 saturated carbocycles. The minimum Gasteiger partial charge on any atom is -0.491 e. The molecule has 1 aliphatic heterocycles. The second-order valence-electron chi connectivity index (χ2n) is 7.06. The number of ether oxygens (including phenoxy) is 2. The van der Waals surface area contributed by atoms with Crippen LogP contribution in [-0.2, 0) is 19.6 Å². The van der Waals surface area contributed by atoms with Crippen molar-refractivity contribution in [3.63, 3.8) is 0 Å². The summed E-state index contributed by atoms with van der Waals surface area (Å²) < 4.78 is 38.1. The van der Waals surface area contributed by atoms with Gasteiger partial charge in [-0.25, -0.2) is 13.1 Å². The molecule has 28 heavy (non-hydrogen) atoms. The van der Waals surface area contributed by atoms with Crippen molar-refractivity contribution in [1.82, 2.24) is 9.62 Å². The Morgan fingerprint density at radius 3 is 2.82 bits per heavy atom. The number of primary amides is 1. The first-order valence-corrected chi connectivity index (χ1v) is 11.1. The average molecular weight is 414 g/mol. The van der Waals surface area contributed by atoms with Gasteiger partial charge in [-0.05, 0) is 63.0 Å². The van der Waals surface area contributed by atoms with Crippen molar-refractivity contribution in [2.45, 2.75) is 31.1 Å². The lowest BCUT2D eigenvalue weighted by Crippen LogP contribution is -2.42. The average Bonchev–Trinajstić information content (AvgIpc) is 2.67. The monoisotopic (exact) mass is 413 g/mol. The molecule has 1 aliphatic rings. The molecule has 2 rings (SSSR count). The Balaban J connectivity index is 1.81.